The minimum Gasteiger partial charge on any atom is -0.497 e. The summed E-state index contributed by atoms with van der Waals surface area (Å²) in [6.45, 7) is 0. The lowest BCUT2D eigenvalue weighted by molar-refractivity contribution is 0.391. The molecule has 0 bridgehead atoms. The first-order valence-electron chi connectivity index (χ1n) is 7.57. The number of thioether (sulfide) groups is 1. The van der Waals surface area contributed by atoms with Gasteiger partial charge in [-0.15, -0.1) is 11.8 Å². The van der Waals surface area contributed by atoms with Gasteiger partial charge >= 0.3 is 0 Å². The Morgan fingerprint density at radius 2 is 1.96 bits per heavy atom. The fraction of sp³-hybridized carbons (Fsp3) is 0.222. The normalized spacial score (nSPS) is 10.7. The van der Waals surface area contributed by atoms with Gasteiger partial charge in [-0.2, -0.15) is 4.98 Å². The first-order chi connectivity index (χ1) is 12.2. The fourth-order valence-electron chi connectivity index (χ4n) is 2.30. The lowest BCUT2D eigenvalue weighted by Gasteiger charge is -2.07. The third-order valence-corrected chi connectivity index (χ3v) is 4.49. The molecule has 5 nitrogen and oxygen atoms in total. The summed E-state index contributed by atoms with van der Waals surface area (Å²) in [6.07, 6.45) is 0. The summed E-state index contributed by atoms with van der Waals surface area (Å²) in [5.41, 5.74) is 1.62. The van der Waals surface area contributed by atoms with Crippen molar-refractivity contribution in [1.29, 1.82) is 0 Å². The van der Waals surface area contributed by atoms with Crippen LogP contribution in [0.3, 0.4) is 0 Å². The average Bonchev–Trinajstić information content (AvgIpc) is 3.11. The predicted molar refractivity (Wildman–Crippen MR) is 94.2 cm³/mol. The molecule has 0 radical (unpaired) electrons. The highest BCUT2D eigenvalue weighted by molar-refractivity contribution is 7.97. The van der Waals surface area contributed by atoms with Crippen LogP contribution in [0.2, 0.25) is 0 Å². The molecular formula is C18H17FN2O3S. The monoisotopic (exact) mass is 360 g/mol. The van der Waals surface area contributed by atoms with Gasteiger partial charge in [0, 0.05) is 16.9 Å². The van der Waals surface area contributed by atoms with Gasteiger partial charge in [0.1, 0.15) is 17.3 Å². The quantitative estimate of drug-likeness (QED) is 0.625. The van der Waals surface area contributed by atoms with E-state index in [4.69, 9.17) is 14.0 Å². The number of hydrogen-bond donors (Lipinski definition) is 0. The zero-order valence-corrected chi connectivity index (χ0v) is 14.7. The van der Waals surface area contributed by atoms with Gasteiger partial charge in [0.2, 0.25) is 11.7 Å². The van der Waals surface area contributed by atoms with Crippen molar-refractivity contribution >= 4 is 11.8 Å². The van der Waals surface area contributed by atoms with E-state index in [0.29, 0.717) is 29.0 Å². The zero-order chi connectivity index (χ0) is 17.6. The topological polar surface area (TPSA) is 57.4 Å². The number of methoxy groups -OCH3 is 2. The molecule has 0 unspecified atom stereocenters. The molecule has 0 spiro atoms. The highest BCUT2D eigenvalue weighted by Gasteiger charge is 2.11. The van der Waals surface area contributed by atoms with E-state index in [-0.39, 0.29) is 5.82 Å². The summed E-state index contributed by atoms with van der Waals surface area (Å²) in [5.74, 6) is 3.24. The second-order valence-electron chi connectivity index (χ2n) is 5.19. The summed E-state index contributed by atoms with van der Waals surface area (Å²) in [4.78, 5) is 4.39. The molecule has 25 heavy (non-hydrogen) atoms. The Labute approximate surface area is 149 Å². The third kappa shape index (κ3) is 4.30. The first kappa shape index (κ1) is 17.3. The lowest BCUT2D eigenvalue weighted by Crippen LogP contribution is -1.92. The summed E-state index contributed by atoms with van der Waals surface area (Å²) >= 11 is 1.55. The SMILES string of the molecule is COc1cccc(-c2noc(CSCc3cc(F)ccc3OC)n2)c1. The number of hydrogen-bond acceptors (Lipinski definition) is 6. The number of aromatic nitrogens is 2. The standard InChI is InChI=1S/C18H17FN2O3S/c1-22-15-5-3-4-12(9-15)18-20-17(24-21-18)11-25-10-13-8-14(19)6-7-16(13)23-2/h3-9H,10-11H2,1-2H3. The molecule has 0 aliphatic carbocycles. The molecule has 0 aliphatic rings. The molecule has 0 N–H and O–H groups in total. The van der Waals surface area contributed by atoms with Gasteiger partial charge in [0.25, 0.3) is 0 Å². The van der Waals surface area contributed by atoms with Crippen LogP contribution >= 0.6 is 11.8 Å². The van der Waals surface area contributed by atoms with Crippen LogP contribution in [0.15, 0.2) is 47.0 Å². The van der Waals surface area contributed by atoms with Crippen molar-refractivity contribution < 1.29 is 18.4 Å². The van der Waals surface area contributed by atoms with E-state index in [0.717, 1.165) is 16.9 Å². The second-order valence-corrected chi connectivity index (χ2v) is 6.18. The number of rotatable bonds is 7. The summed E-state index contributed by atoms with van der Waals surface area (Å²) in [7, 11) is 3.18. The predicted octanol–water partition coefficient (Wildman–Crippen LogP) is 4.33. The third-order valence-electron chi connectivity index (χ3n) is 3.52. The van der Waals surface area contributed by atoms with Crippen molar-refractivity contribution in [3.63, 3.8) is 0 Å². The van der Waals surface area contributed by atoms with Gasteiger partial charge in [-0.3, -0.25) is 0 Å². The number of halogens is 1. The Hall–Kier alpha value is -2.54. The van der Waals surface area contributed by atoms with Crippen LogP contribution in [0.1, 0.15) is 11.5 Å². The zero-order valence-electron chi connectivity index (χ0n) is 13.9. The van der Waals surface area contributed by atoms with Crippen molar-refractivity contribution in [1.82, 2.24) is 10.1 Å². The summed E-state index contributed by atoms with van der Waals surface area (Å²) < 4.78 is 29.1. The number of benzene rings is 2. The minimum atomic E-state index is -0.283. The van der Waals surface area contributed by atoms with E-state index in [2.05, 4.69) is 10.1 Å². The van der Waals surface area contributed by atoms with Crippen LogP contribution in [0, 0.1) is 5.82 Å². The van der Waals surface area contributed by atoms with Gasteiger partial charge in [-0.1, -0.05) is 17.3 Å². The smallest absolute Gasteiger partial charge is 0.236 e. The molecule has 2 aromatic carbocycles. The molecule has 3 aromatic rings. The van der Waals surface area contributed by atoms with E-state index >= 15 is 0 Å². The maximum atomic E-state index is 13.4. The molecule has 0 amide bonds. The minimum absolute atomic E-state index is 0.283. The molecule has 0 saturated carbocycles. The molecule has 0 fully saturated rings. The summed E-state index contributed by atoms with van der Waals surface area (Å²) in [6, 6.07) is 11.9. The van der Waals surface area contributed by atoms with E-state index in [1.807, 2.05) is 24.3 Å². The molecule has 1 aromatic heterocycles. The van der Waals surface area contributed by atoms with Gasteiger partial charge in [0.15, 0.2) is 0 Å². The molecule has 3 rings (SSSR count). The van der Waals surface area contributed by atoms with Gasteiger partial charge in [0.05, 0.1) is 20.0 Å². The molecule has 0 saturated heterocycles. The number of nitrogens with zero attached hydrogens (tertiary/aromatic N) is 2. The van der Waals surface area contributed by atoms with Gasteiger partial charge in [-0.05, 0) is 30.3 Å². The Morgan fingerprint density at radius 3 is 2.76 bits per heavy atom. The van der Waals surface area contributed by atoms with Gasteiger partial charge < -0.3 is 14.0 Å². The second kappa shape index (κ2) is 8.02. The fourth-order valence-corrected chi connectivity index (χ4v) is 3.14. The highest BCUT2D eigenvalue weighted by atomic mass is 32.2. The Balaban J connectivity index is 1.63. The number of ether oxygens (including phenoxy) is 2. The summed E-state index contributed by atoms with van der Waals surface area (Å²) in [5, 5.41) is 4.00. The molecule has 1 heterocycles. The van der Waals surface area contributed by atoms with Crippen molar-refractivity contribution in [2.75, 3.05) is 14.2 Å². The van der Waals surface area contributed by atoms with Gasteiger partial charge in [-0.25, -0.2) is 4.39 Å². The van der Waals surface area contributed by atoms with E-state index in [1.54, 1.807) is 32.0 Å². The van der Waals surface area contributed by atoms with Crippen LogP contribution in [-0.4, -0.2) is 24.4 Å². The lowest BCUT2D eigenvalue weighted by atomic mass is 10.2. The molecular weight excluding hydrogens is 343 g/mol. The highest BCUT2D eigenvalue weighted by Crippen LogP contribution is 2.27. The van der Waals surface area contributed by atoms with Crippen LogP contribution < -0.4 is 9.47 Å². The van der Waals surface area contributed by atoms with E-state index < -0.39 is 0 Å². The van der Waals surface area contributed by atoms with Crippen LogP contribution in [0.4, 0.5) is 4.39 Å². The van der Waals surface area contributed by atoms with E-state index in [9.17, 15) is 4.39 Å². The van der Waals surface area contributed by atoms with Crippen LogP contribution in [0.25, 0.3) is 11.4 Å². The van der Waals surface area contributed by atoms with Crippen molar-refractivity contribution in [3.05, 3.63) is 59.7 Å². The maximum absolute atomic E-state index is 13.4. The van der Waals surface area contributed by atoms with Crippen molar-refractivity contribution in [2.45, 2.75) is 11.5 Å². The first-order valence-corrected chi connectivity index (χ1v) is 8.72. The van der Waals surface area contributed by atoms with Crippen LogP contribution in [-0.2, 0) is 11.5 Å². The Kier molecular flexibility index (Phi) is 5.55. The van der Waals surface area contributed by atoms with Crippen molar-refractivity contribution in [2.24, 2.45) is 0 Å². The molecule has 0 aliphatic heterocycles. The largest absolute Gasteiger partial charge is 0.497 e. The van der Waals surface area contributed by atoms with Crippen LogP contribution in [0.5, 0.6) is 11.5 Å². The average molecular weight is 360 g/mol. The van der Waals surface area contributed by atoms with Crippen molar-refractivity contribution in [3.8, 4) is 22.9 Å². The maximum Gasteiger partial charge on any atom is 0.236 e. The Bertz CT molecular complexity index is 854. The van der Waals surface area contributed by atoms with E-state index in [1.165, 1.54) is 12.1 Å². The molecule has 7 heteroatoms. The molecule has 130 valence electrons. The molecule has 0 atom stereocenters. The Morgan fingerprint density at radius 1 is 1.08 bits per heavy atom.